The summed E-state index contributed by atoms with van der Waals surface area (Å²) in [5, 5.41) is 86.9. The molecule has 0 spiro atoms. The molecule has 6 atom stereocenters. The van der Waals surface area contributed by atoms with Gasteiger partial charge in [0.2, 0.25) is 0 Å². The van der Waals surface area contributed by atoms with Crippen LogP contribution in [0, 0.1) is 22.7 Å². The van der Waals surface area contributed by atoms with E-state index in [-0.39, 0.29) is 81.4 Å². The third-order valence-electron chi connectivity index (χ3n) is 12.4. The second-order valence-electron chi connectivity index (χ2n) is 16.6. The molecule has 62 heavy (non-hydrogen) atoms. The molecule has 2 saturated heterocycles. The summed E-state index contributed by atoms with van der Waals surface area (Å²) >= 11 is 0. The van der Waals surface area contributed by atoms with Crippen LogP contribution in [0.25, 0.3) is 18.2 Å². The lowest BCUT2D eigenvalue weighted by atomic mass is 9.67. The maximum atomic E-state index is 12.6. The summed E-state index contributed by atoms with van der Waals surface area (Å²) in [4.78, 5) is 104. The number of aromatic amines is 2. The van der Waals surface area contributed by atoms with Gasteiger partial charge in [0.15, 0.2) is 0 Å². The molecule has 3 aliphatic heterocycles. The number of aliphatic carboxylic acids is 8. The van der Waals surface area contributed by atoms with Crippen LogP contribution < -0.4 is 21.3 Å². The number of carboxylic acid groups (broad SMARTS) is 8. The van der Waals surface area contributed by atoms with Crippen molar-refractivity contribution in [1.82, 2.24) is 20.6 Å². The van der Waals surface area contributed by atoms with Gasteiger partial charge in [-0.3, -0.25) is 38.4 Å². The van der Waals surface area contributed by atoms with E-state index in [1.165, 1.54) is 12.2 Å². The summed E-state index contributed by atoms with van der Waals surface area (Å²) in [5.74, 6) is -11.5. The Kier molecular flexibility index (Phi) is 13.8. The second kappa shape index (κ2) is 18.5. The number of carbonyl (C=O) groups is 8. The van der Waals surface area contributed by atoms with E-state index in [9.17, 15) is 79.2 Å². The van der Waals surface area contributed by atoms with Crippen LogP contribution in [-0.4, -0.2) is 111 Å². The second-order valence-corrected chi connectivity index (χ2v) is 16.6. The fourth-order valence-corrected chi connectivity index (χ4v) is 9.61. The van der Waals surface area contributed by atoms with Crippen molar-refractivity contribution in [2.24, 2.45) is 22.7 Å². The van der Waals surface area contributed by atoms with Crippen molar-refractivity contribution < 1.29 is 79.2 Å². The lowest BCUT2D eigenvalue weighted by Gasteiger charge is -2.35. The number of hydrogen-bond donors (Lipinski definition) is 12. The normalized spacial score (nSPS) is 25.8. The highest BCUT2D eigenvalue weighted by Gasteiger charge is 2.53. The monoisotopic (exact) mass is 866 g/mol. The molecule has 0 aromatic carbocycles. The topological polar surface area (TPSA) is 354 Å². The predicted octanol–water partition coefficient (Wildman–Crippen LogP) is 1.35. The van der Waals surface area contributed by atoms with Crippen LogP contribution in [0.5, 0.6) is 0 Å². The number of allylic oxidation sites excluding steroid dienone is 2. The Morgan fingerprint density at radius 3 is 1.68 bits per heavy atom. The average Bonchev–Trinajstić information content (AvgIpc) is 3.77. The van der Waals surface area contributed by atoms with Crippen molar-refractivity contribution in [1.29, 1.82) is 0 Å². The largest absolute Gasteiger partial charge is 0.481 e. The Balaban J connectivity index is 1.99. The number of rotatable bonds is 20. The molecule has 334 valence electrons. The Morgan fingerprint density at radius 1 is 0.565 bits per heavy atom. The minimum atomic E-state index is -1.38. The van der Waals surface area contributed by atoms with Crippen LogP contribution in [0.2, 0.25) is 0 Å². The molecule has 12 N–H and O–H groups in total. The molecule has 5 heterocycles. The van der Waals surface area contributed by atoms with Gasteiger partial charge in [0.05, 0.1) is 25.7 Å². The van der Waals surface area contributed by atoms with Crippen LogP contribution in [-0.2, 0) is 64.0 Å². The minimum absolute atomic E-state index is 0.0656. The van der Waals surface area contributed by atoms with Crippen molar-refractivity contribution in [2.45, 2.75) is 103 Å². The fourth-order valence-electron chi connectivity index (χ4n) is 9.61. The summed E-state index contributed by atoms with van der Waals surface area (Å²) in [7, 11) is 0. The van der Waals surface area contributed by atoms with Gasteiger partial charge in [-0.05, 0) is 78.2 Å². The molecule has 20 nitrogen and oxygen atoms in total. The maximum Gasteiger partial charge on any atom is 0.307 e. The van der Waals surface area contributed by atoms with E-state index in [2.05, 4.69) is 20.6 Å². The highest BCUT2D eigenvalue weighted by molar-refractivity contribution is 5.78. The molecule has 20 heteroatoms. The minimum Gasteiger partial charge on any atom is -0.481 e. The Hall–Kier alpha value is -6.70. The van der Waals surface area contributed by atoms with Gasteiger partial charge in [-0.1, -0.05) is 13.8 Å². The number of fused-ring (bicyclic) bond motifs is 8. The Bertz CT molecular complexity index is 2390. The lowest BCUT2D eigenvalue weighted by Crippen LogP contribution is -2.39. The van der Waals surface area contributed by atoms with Crippen molar-refractivity contribution in [3.05, 3.63) is 61.8 Å². The zero-order chi connectivity index (χ0) is 45.8. The van der Waals surface area contributed by atoms with Crippen LogP contribution in [0.15, 0.2) is 17.5 Å². The zero-order valence-electron chi connectivity index (χ0n) is 33.9. The molecule has 0 amide bonds. The van der Waals surface area contributed by atoms with E-state index in [1.54, 1.807) is 26.0 Å². The first-order valence-corrected chi connectivity index (χ1v) is 19.9. The molecular weight excluding hydrogens is 816 g/mol. The van der Waals surface area contributed by atoms with Crippen molar-refractivity contribution >= 4 is 66.0 Å². The summed E-state index contributed by atoms with van der Waals surface area (Å²) in [6.45, 7) is 3.26. The van der Waals surface area contributed by atoms with Gasteiger partial charge < -0.3 is 61.5 Å². The predicted molar refractivity (Wildman–Crippen MR) is 215 cm³/mol. The molecule has 2 aromatic heterocycles. The zero-order valence-corrected chi connectivity index (χ0v) is 33.9. The average molecular weight is 867 g/mol. The first-order chi connectivity index (χ1) is 29.0. The third kappa shape index (κ3) is 10.2. The molecule has 0 saturated carbocycles. The Labute approximate surface area is 352 Å². The number of hydrogen-bond acceptors (Lipinski definition) is 10. The molecule has 8 bridgehead atoms. The highest BCUT2D eigenvalue weighted by atomic mass is 16.4. The van der Waals surface area contributed by atoms with Gasteiger partial charge in [-0.15, -0.1) is 0 Å². The number of aromatic nitrogens is 2. The number of H-pyrrole nitrogens is 2. The summed E-state index contributed by atoms with van der Waals surface area (Å²) < 4.78 is 0. The lowest BCUT2D eigenvalue weighted by molar-refractivity contribution is -0.141. The quantitative estimate of drug-likeness (QED) is 0.0893. The van der Waals surface area contributed by atoms with Crippen LogP contribution in [0.3, 0.4) is 0 Å². The highest BCUT2D eigenvalue weighted by Crippen LogP contribution is 2.52. The molecular formula is C42H50N4O16. The molecule has 2 aromatic rings. The summed E-state index contributed by atoms with van der Waals surface area (Å²) in [6, 6.07) is -1.82. The first-order valence-electron chi connectivity index (χ1n) is 19.9. The maximum absolute atomic E-state index is 12.6. The van der Waals surface area contributed by atoms with E-state index in [0.29, 0.717) is 0 Å². The molecule has 0 aliphatic carbocycles. The molecule has 1 unspecified atom stereocenters. The van der Waals surface area contributed by atoms with Gasteiger partial charge in [0, 0.05) is 88.0 Å². The van der Waals surface area contributed by atoms with Gasteiger partial charge in [0.1, 0.15) is 0 Å². The van der Waals surface area contributed by atoms with Crippen molar-refractivity contribution in [3.8, 4) is 0 Å². The molecule has 5 rings (SSSR count). The van der Waals surface area contributed by atoms with Gasteiger partial charge >= 0.3 is 47.8 Å². The summed E-state index contributed by atoms with van der Waals surface area (Å²) in [6.07, 6.45) is 1.62. The van der Waals surface area contributed by atoms with Crippen molar-refractivity contribution in [3.63, 3.8) is 0 Å². The van der Waals surface area contributed by atoms with Crippen molar-refractivity contribution in [2.75, 3.05) is 0 Å². The van der Waals surface area contributed by atoms with Crippen LogP contribution >= 0.6 is 0 Å². The first kappa shape index (κ1) is 46.4. The third-order valence-corrected chi connectivity index (χ3v) is 12.4. The van der Waals surface area contributed by atoms with E-state index >= 15 is 0 Å². The van der Waals surface area contributed by atoms with Crippen LogP contribution in [0.1, 0.15) is 98.9 Å². The van der Waals surface area contributed by atoms with Crippen LogP contribution in [0.4, 0.5) is 0 Å². The molecule has 2 fully saturated rings. The van der Waals surface area contributed by atoms with Gasteiger partial charge in [-0.2, -0.15) is 0 Å². The SMILES string of the molecule is C[C@@]1(CC(=O)O)C2=C[C@H]3NC(/C=c4\[nH]/c(c(CCC(=O)O)c4CC(=O)O)=C\c4[nH]c(c(CC(=O)O)c4CCC(=O)O)/C=C(\N2)[C@H]1CCC(=O)O)[C@@](C)(CC(=O)O)[C@@H]3CCC(=O)O. The summed E-state index contributed by atoms with van der Waals surface area (Å²) in [5.41, 5.74) is -1.00. The van der Waals surface area contributed by atoms with E-state index in [0.717, 1.165) is 0 Å². The number of nitrogens with one attached hydrogen (secondary N) is 4. The Morgan fingerprint density at radius 2 is 1.11 bits per heavy atom. The molecule has 0 radical (unpaired) electrons. The van der Waals surface area contributed by atoms with E-state index < -0.39 is 134 Å². The van der Waals surface area contributed by atoms with Gasteiger partial charge in [0.25, 0.3) is 0 Å². The van der Waals surface area contributed by atoms with Gasteiger partial charge in [-0.25, -0.2) is 0 Å². The van der Waals surface area contributed by atoms with E-state index in [4.69, 9.17) is 0 Å². The standard InChI is InChI=1S/C42H50N4O16/c1-41(17-39(59)60)23(5-9-35(51)52)29-14-27-21(11-37(55)56)19(3-7-33(47)48)25(43-27)13-26-20(4-8-34(49)50)22(12-38(57)58)28(44-26)15-31-42(2,18-40(61)62)24(6-10-36(53)54)30(46-31)16-32(41)45-29/h13-16,23-24,30-31,43-46H,3-12,17-18H2,1-2H3,(H,47,48)(H,49,50)(H,51,52)(H,53,54)(H,55,56)(H,57,58)(H,59,60)(H,61,62)/b26-13-,28-15-,29-14-,32-16?/t23-,24-,30-,31?,41+,42+/m1/s1. The van der Waals surface area contributed by atoms with E-state index in [1.807, 2.05) is 0 Å². The number of carboxylic acids is 8. The smallest absolute Gasteiger partial charge is 0.307 e. The molecule has 3 aliphatic rings. The fraction of sp³-hybridized carbons (Fsp3) is 0.476.